The average molecular weight is 201 g/mol. The van der Waals surface area contributed by atoms with Crippen LogP contribution in [-0.2, 0) is 14.3 Å². The van der Waals surface area contributed by atoms with Crippen LogP contribution in [0.15, 0.2) is 0 Å². The first-order valence-corrected chi connectivity index (χ1v) is 5.12. The summed E-state index contributed by atoms with van der Waals surface area (Å²) in [7, 11) is 1.54. The highest BCUT2D eigenvalue weighted by atomic mass is 16.5. The van der Waals surface area contributed by atoms with Crippen molar-refractivity contribution in [3.05, 3.63) is 0 Å². The first kappa shape index (κ1) is 11.6. The molecule has 1 rings (SSSR count). The summed E-state index contributed by atoms with van der Waals surface area (Å²) in [4.78, 5) is 11.6. The Kier molecular flexibility index (Phi) is 5.07. The number of nitrogens with one attached hydrogen (secondary N) is 1. The van der Waals surface area contributed by atoms with Crippen molar-refractivity contribution in [1.29, 1.82) is 0 Å². The molecular formula is C10H19NO3. The van der Waals surface area contributed by atoms with E-state index in [1.807, 2.05) is 0 Å². The van der Waals surface area contributed by atoms with Crippen LogP contribution in [0.25, 0.3) is 0 Å². The van der Waals surface area contributed by atoms with Crippen molar-refractivity contribution in [3.63, 3.8) is 0 Å². The van der Waals surface area contributed by atoms with Gasteiger partial charge in [-0.3, -0.25) is 4.79 Å². The molecular weight excluding hydrogens is 182 g/mol. The summed E-state index contributed by atoms with van der Waals surface area (Å²) in [5.41, 5.74) is 0. The van der Waals surface area contributed by atoms with Gasteiger partial charge in [-0.15, -0.1) is 0 Å². The zero-order chi connectivity index (χ0) is 10.4. The van der Waals surface area contributed by atoms with E-state index in [4.69, 9.17) is 9.47 Å². The zero-order valence-corrected chi connectivity index (χ0v) is 8.91. The number of Topliss-reactive ketones (excluding diaryl/α,β-unsaturated/α-hetero) is 1. The third-order valence-electron chi connectivity index (χ3n) is 2.44. The van der Waals surface area contributed by atoms with Gasteiger partial charge in [-0.2, -0.15) is 0 Å². The highest BCUT2D eigenvalue weighted by Crippen LogP contribution is 2.14. The van der Waals surface area contributed by atoms with Gasteiger partial charge in [-0.25, -0.2) is 0 Å². The van der Waals surface area contributed by atoms with E-state index in [2.05, 4.69) is 12.2 Å². The quantitative estimate of drug-likeness (QED) is 0.667. The van der Waals surface area contributed by atoms with Crippen molar-refractivity contribution in [3.8, 4) is 0 Å². The minimum absolute atomic E-state index is 0.0264. The second-order valence-electron chi connectivity index (χ2n) is 3.60. The summed E-state index contributed by atoms with van der Waals surface area (Å²) in [5, 5.41) is 3.32. The van der Waals surface area contributed by atoms with Crippen LogP contribution in [0, 0.1) is 5.92 Å². The fourth-order valence-electron chi connectivity index (χ4n) is 1.65. The topological polar surface area (TPSA) is 47.6 Å². The first-order valence-electron chi connectivity index (χ1n) is 5.12. The molecule has 4 heteroatoms. The van der Waals surface area contributed by atoms with Crippen LogP contribution in [0.5, 0.6) is 0 Å². The molecule has 0 bridgehead atoms. The summed E-state index contributed by atoms with van der Waals surface area (Å²) in [6.45, 7) is 4.40. The second kappa shape index (κ2) is 6.11. The molecule has 0 radical (unpaired) electrons. The molecule has 4 nitrogen and oxygen atoms in total. The molecule has 82 valence electrons. The van der Waals surface area contributed by atoms with Crippen molar-refractivity contribution in [1.82, 2.24) is 5.32 Å². The third-order valence-corrected chi connectivity index (χ3v) is 2.44. The number of rotatable bonds is 6. The van der Waals surface area contributed by atoms with Gasteiger partial charge < -0.3 is 14.8 Å². The molecule has 1 aliphatic heterocycles. The molecule has 1 fully saturated rings. The monoisotopic (exact) mass is 201 g/mol. The molecule has 0 aromatic heterocycles. The third kappa shape index (κ3) is 3.04. The summed E-state index contributed by atoms with van der Waals surface area (Å²) in [5.74, 6) is 0.111. The molecule has 0 aromatic rings. The van der Waals surface area contributed by atoms with Gasteiger partial charge in [0.1, 0.15) is 6.61 Å². The summed E-state index contributed by atoms with van der Waals surface area (Å²) in [6.07, 6.45) is 1.07. The Hall–Kier alpha value is -0.450. The molecule has 0 saturated carbocycles. The number of hydrogen-bond acceptors (Lipinski definition) is 4. The van der Waals surface area contributed by atoms with E-state index in [9.17, 15) is 4.79 Å². The minimum Gasteiger partial charge on any atom is -0.379 e. The van der Waals surface area contributed by atoms with Crippen LogP contribution in [-0.4, -0.2) is 45.3 Å². The van der Waals surface area contributed by atoms with E-state index in [-0.39, 0.29) is 24.3 Å². The maximum atomic E-state index is 11.6. The minimum atomic E-state index is -0.0264. The van der Waals surface area contributed by atoms with Crippen LogP contribution in [0.1, 0.15) is 13.3 Å². The van der Waals surface area contributed by atoms with Crippen molar-refractivity contribution < 1.29 is 14.3 Å². The van der Waals surface area contributed by atoms with Crippen LogP contribution in [0.2, 0.25) is 0 Å². The Balaban J connectivity index is 2.38. The van der Waals surface area contributed by atoms with E-state index >= 15 is 0 Å². The van der Waals surface area contributed by atoms with Crippen molar-refractivity contribution in [2.45, 2.75) is 19.4 Å². The van der Waals surface area contributed by atoms with Gasteiger partial charge in [0.25, 0.3) is 0 Å². The summed E-state index contributed by atoms with van der Waals surface area (Å²) in [6, 6.07) is 0.178. The van der Waals surface area contributed by atoms with E-state index in [1.54, 1.807) is 7.11 Å². The Morgan fingerprint density at radius 2 is 2.36 bits per heavy atom. The lowest BCUT2D eigenvalue weighted by Gasteiger charge is -2.17. The van der Waals surface area contributed by atoms with E-state index in [0.29, 0.717) is 13.2 Å². The van der Waals surface area contributed by atoms with Crippen LogP contribution in [0.4, 0.5) is 0 Å². The average Bonchev–Trinajstić information content (AvgIpc) is 2.63. The normalized spacial score (nSPS) is 26.7. The van der Waals surface area contributed by atoms with Crippen LogP contribution in [0.3, 0.4) is 0 Å². The predicted octanol–water partition coefficient (Wildman–Crippen LogP) is 0.216. The molecule has 0 aliphatic carbocycles. The van der Waals surface area contributed by atoms with Gasteiger partial charge in [0.15, 0.2) is 5.78 Å². The standard InChI is InChI=1S/C10H19NO3/c1-3-4-11-9-6-14-5-8(9)10(12)7-13-2/h8-9,11H,3-7H2,1-2H3. The zero-order valence-electron chi connectivity index (χ0n) is 8.91. The van der Waals surface area contributed by atoms with E-state index in [0.717, 1.165) is 13.0 Å². The Labute approximate surface area is 85.0 Å². The van der Waals surface area contributed by atoms with Gasteiger partial charge in [0.2, 0.25) is 0 Å². The van der Waals surface area contributed by atoms with Gasteiger partial charge >= 0.3 is 0 Å². The molecule has 2 unspecified atom stereocenters. The number of carbonyl (C=O) groups is 1. The maximum Gasteiger partial charge on any atom is 0.165 e. The van der Waals surface area contributed by atoms with Crippen molar-refractivity contribution >= 4 is 5.78 Å². The molecule has 1 aliphatic rings. The molecule has 1 saturated heterocycles. The second-order valence-corrected chi connectivity index (χ2v) is 3.60. The molecule has 14 heavy (non-hydrogen) atoms. The van der Waals surface area contributed by atoms with Crippen molar-refractivity contribution in [2.24, 2.45) is 5.92 Å². The Morgan fingerprint density at radius 1 is 1.57 bits per heavy atom. The largest absolute Gasteiger partial charge is 0.379 e. The lowest BCUT2D eigenvalue weighted by Crippen LogP contribution is -2.40. The van der Waals surface area contributed by atoms with E-state index in [1.165, 1.54) is 0 Å². The van der Waals surface area contributed by atoms with Gasteiger partial charge in [-0.05, 0) is 13.0 Å². The van der Waals surface area contributed by atoms with Gasteiger partial charge in [0.05, 0.1) is 19.1 Å². The summed E-state index contributed by atoms with van der Waals surface area (Å²) < 4.78 is 10.1. The highest BCUT2D eigenvalue weighted by Gasteiger charge is 2.32. The van der Waals surface area contributed by atoms with Crippen molar-refractivity contribution in [2.75, 3.05) is 33.5 Å². The van der Waals surface area contributed by atoms with Gasteiger partial charge in [0, 0.05) is 13.2 Å². The fraction of sp³-hybridized carbons (Fsp3) is 0.900. The SMILES string of the molecule is CCCNC1COCC1C(=O)COC. The smallest absolute Gasteiger partial charge is 0.165 e. The van der Waals surface area contributed by atoms with Crippen LogP contribution >= 0.6 is 0 Å². The number of ether oxygens (including phenoxy) is 2. The molecule has 0 amide bonds. The number of hydrogen-bond donors (Lipinski definition) is 1. The maximum absolute atomic E-state index is 11.6. The Bertz CT molecular complexity index is 184. The lowest BCUT2D eigenvalue weighted by atomic mass is 9.99. The molecule has 2 atom stereocenters. The molecule has 1 N–H and O–H groups in total. The molecule has 0 spiro atoms. The molecule has 0 aromatic carbocycles. The fourth-order valence-corrected chi connectivity index (χ4v) is 1.65. The first-order chi connectivity index (χ1) is 6.79. The van der Waals surface area contributed by atoms with E-state index < -0.39 is 0 Å². The number of carbonyl (C=O) groups excluding carboxylic acids is 1. The molecule has 1 heterocycles. The lowest BCUT2D eigenvalue weighted by molar-refractivity contribution is -0.127. The number of ketones is 1. The Morgan fingerprint density at radius 3 is 3.00 bits per heavy atom. The summed E-state index contributed by atoms with van der Waals surface area (Å²) >= 11 is 0. The number of methoxy groups -OCH3 is 1. The van der Waals surface area contributed by atoms with Gasteiger partial charge in [-0.1, -0.05) is 6.92 Å². The van der Waals surface area contributed by atoms with Crippen LogP contribution < -0.4 is 5.32 Å². The highest BCUT2D eigenvalue weighted by molar-refractivity contribution is 5.83. The predicted molar refractivity (Wildman–Crippen MR) is 53.3 cm³/mol.